The molecular formula is C20H28N4O2. The van der Waals surface area contributed by atoms with E-state index in [4.69, 9.17) is 5.73 Å². The van der Waals surface area contributed by atoms with Crippen molar-refractivity contribution in [3.05, 3.63) is 30.3 Å². The molecule has 4 unspecified atom stereocenters. The molecule has 3 amide bonds. The van der Waals surface area contributed by atoms with Crippen molar-refractivity contribution in [1.82, 2.24) is 10.2 Å². The Morgan fingerprint density at radius 1 is 1.00 bits per heavy atom. The highest BCUT2D eigenvalue weighted by molar-refractivity contribution is 5.89. The minimum atomic E-state index is -0.184. The molecule has 4 N–H and O–H groups in total. The van der Waals surface area contributed by atoms with E-state index in [1.807, 2.05) is 35.2 Å². The highest BCUT2D eigenvalue weighted by Crippen LogP contribution is 2.48. The smallest absolute Gasteiger partial charge is 0.319 e. The van der Waals surface area contributed by atoms with E-state index in [1.165, 1.54) is 6.42 Å². The number of urea groups is 1. The quantitative estimate of drug-likeness (QED) is 0.776. The lowest BCUT2D eigenvalue weighted by atomic mass is 9.83. The van der Waals surface area contributed by atoms with Crippen molar-refractivity contribution in [2.24, 2.45) is 23.5 Å². The van der Waals surface area contributed by atoms with Gasteiger partial charge >= 0.3 is 6.03 Å². The van der Waals surface area contributed by atoms with Crippen molar-refractivity contribution in [1.29, 1.82) is 0 Å². The predicted octanol–water partition coefficient (Wildman–Crippen LogP) is 2.17. The summed E-state index contributed by atoms with van der Waals surface area (Å²) in [6.07, 6.45) is 5.08. The number of nitrogens with zero attached hydrogens (tertiary/aromatic N) is 1. The Kier molecular flexibility index (Phi) is 4.85. The Bertz CT molecular complexity index is 655. The Morgan fingerprint density at radius 2 is 1.69 bits per heavy atom. The molecule has 0 radical (unpaired) electrons. The zero-order valence-corrected chi connectivity index (χ0v) is 15.1. The molecule has 1 saturated heterocycles. The number of hydrogen-bond donors (Lipinski definition) is 3. The lowest BCUT2D eigenvalue weighted by Gasteiger charge is -2.37. The van der Waals surface area contributed by atoms with Crippen molar-refractivity contribution >= 4 is 17.6 Å². The van der Waals surface area contributed by atoms with Crippen LogP contribution in [0.1, 0.15) is 32.1 Å². The van der Waals surface area contributed by atoms with E-state index in [1.54, 1.807) is 0 Å². The number of carbonyl (C=O) groups excluding carboxylic acids is 2. The van der Waals surface area contributed by atoms with Crippen molar-refractivity contribution < 1.29 is 9.59 Å². The van der Waals surface area contributed by atoms with E-state index in [0.29, 0.717) is 24.9 Å². The largest absolute Gasteiger partial charge is 0.342 e. The van der Waals surface area contributed by atoms with Crippen LogP contribution in [0.5, 0.6) is 0 Å². The second kappa shape index (κ2) is 7.27. The number of hydrogen-bond acceptors (Lipinski definition) is 3. The fourth-order valence-electron chi connectivity index (χ4n) is 5.03. The maximum Gasteiger partial charge on any atom is 0.319 e. The normalized spacial score (nSPS) is 31.0. The molecular weight excluding hydrogens is 328 g/mol. The highest BCUT2D eigenvalue weighted by atomic mass is 16.2. The first kappa shape index (κ1) is 17.3. The van der Waals surface area contributed by atoms with Gasteiger partial charge in [-0.15, -0.1) is 0 Å². The van der Waals surface area contributed by atoms with Gasteiger partial charge in [-0.25, -0.2) is 4.79 Å². The van der Waals surface area contributed by atoms with E-state index >= 15 is 0 Å². The Morgan fingerprint density at radius 3 is 2.35 bits per heavy atom. The molecule has 6 heteroatoms. The van der Waals surface area contributed by atoms with Gasteiger partial charge in [0.1, 0.15) is 0 Å². The first-order valence-corrected chi connectivity index (χ1v) is 9.79. The SMILES string of the molecule is NC1C2CCC(C2)C1C(=O)N1CCC(NC(=O)Nc2ccccc2)CC1. The molecule has 3 fully saturated rings. The summed E-state index contributed by atoms with van der Waals surface area (Å²) in [5, 5.41) is 5.86. The molecule has 2 saturated carbocycles. The number of anilines is 1. The third-order valence-corrected chi connectivity index (χ3v) is 6.44. The maximum absolute atomic E-state index is 12.9. The number of benzene rings is 1. The van der Waals surface area contributed by atoms with Crippen LogP contribution < -0.4 is 16.4 Å². The molecule has 4 rings (SSSR count). The molecule has 140 valence electrons. The number of piperidine rings is 1. The third kappa shape index (κ3) is 3.43. The molecule has 2 aliphatic carbocycles. The lowest BCUT2D eigenvalue weighted by molar-refractivity contribution is -0.138. The Balaban J connectivity index is 1.25. The summed E-state index contributed by atoms with van der Waals surface area (Å²) in [5.41, 5.74) is 7.11. The average Bonchev–Trinajstić information content (AvgIpc) is 3.24. The van der Waals surface area contributed by atoms with Crippen LogP contribution in [-0.2, 0) is 4.79 Å². The summed E-state index contributed by atoms with van der Waals surface area (Å²) in [7, 11) is 0. The topological polar surface area (TPSA) is 87.5 Å². The minimum Gasteiger partial charge on any atom is -0.342 e. The van der Waals surface area contributed by atoms with Crippen LogP contribution in [0.25, 0.3) is 0 Å². The average molecular weight is 356 g/mol. The second-order valence-electron chi connectivity index (χ2n) is 8.00. The molecule has 1 aromatic carbocycles. The van der Waals surface area contributed by atoms with Gasteiger partial charge in [0.25, 0.3) is 0 Å². The van der Waals surface area contributed by atoms with Crippen molar-refractivity contribution in [2.75, 3.05) is 18.4 Å². The first-order chi connectivity index (χ1) is 12.6. The van der Waals surface area contributed by atoms with Crippen molar-refractivity contribution in [2.45, 2.75) is 44.2 Å². The fraction of sp³-hybridized carbons (Fsp3) is 0.600. The van der Waals surface area contributed by atoms with Crippen LogP contribution in [0.15, 0.2) is 30.3 Å². The van der Waals surface area contributed by atoms with Crippen LogP contribution in [-0.4, -0.2) is 42.0 Å². The number of nitrogens with two attached hydrogens (primary N) is 1. The van der Waals surface area contributed by atoms with Gasteiger partial charge in [0.15, 0.2) is 0 Å². The summed E-state index contributed by atoms with van der Waals surface area (Å²) in [6.45, 7) is 1.41. The molecule has 3 aliphatic rings. The zero-order chi connectivity index (χ0) is 18.1. The maximum atomic E-state index is 12.9. The number of carbonyl (C=O) groups is 2. The summed E-state index contributed by atoms with van der Waals surface area (Å²) >= 11 is 0. The van der Waals surface area contributed by atoms with Gasteiger partial charge in [-0.3, -0.25) is 4.79 Å². The summed E-state index contributed by atoms with van der Waals surface area (Å²) in [6, 6.07) is 9.39. The van der Waals surface area contributed by atoms with Crippen molar-refractivity contribution in [3.63, 3.8) is 0 Å². The predicted molar refractivity (Wildman–Crippen MR) is 100 cm³/mol. The molecule has 1 aliphatic heterocycles. The Hall–Kier alpha value is -2.08. The highest BCUT2D eigenvalue weighted by Gasteiger charge is 2.50. The van der Waals surface area contributed by atoms with Crippen LogP contribution in [0.3, 0.4) is 0 Å². The lowest BCUT2D eigenvalue weighted by Crippen LogP contribution is -2.52. The number of likely N-dealkylation sites (tertiary alicyclic amines) is 1. The monoisotopic (exact) mass is 356 g/mol. The van der Waals surface area contributed by atoms with Gasteiger partial charge < -0.3 is 21.3 Å². The van der Waals surface area contributed by atoms with E-state index in [2.05, 4.69) is 10.6 Å². The number of nitrogens with one attached hydrogen (secondary N) is 2. The Labute approximate surface area is 154 Å². The fourth-order valence-corrected chi connectivity index (χ4v) is 5.03. The third-order valence-electron chi connectivity index (χ3n) is 6.44. The molecule has 0 spiro atoms. The molecule has 2 bridgehead atoms. The molecule has 1 aromatic rings. The number of rotatable bonds is 3. The van der Waals surface area contributed by atoms with Gasteiger partial charge in [-0.05, 0) is 56.1 Å². The van der Waals surface area contributed by atoms with Gasteiger partial charge in [0.05, 0.1) is 5.92 Å². The van der Waals surface area contributed by atoms with E-state index in [0.717, 1.165) is 31.4 Å². The van der Waals surface area contributed by atoms with Gasteiger partial charge in [0, 0.05) is 30.9 Å². The number of para-hydroxylation sites is 1. The van der Waals surface area contributed by atoms with E-state index in [9.17, 15) is 9.59 Å². The van der Waals surface area contributed by atoms with Crippen LogP contribution in [0.2, 0.25) is 0 Å². The summed E-state index contributed by atoms with van der Waals surface area (Å²) in [5.74, 6) is 1.32. The first-order valence-electron chi connectivity index (χ1n) is 9.79. The summed E-state index contributed by atoms with van der Waals surface area (Å²) < 4.78 is 0. The minimum absolute atomic E-state index is 0.0274. The standard InChI is InChI=1S/C20H28N4O2/c21-18-14-7-6-13(12-14)17(18)19(25)24-10-8-16(9-11-24)23-20(26)22-15-4-2-1-3-5-15/h1-5,13-14,16-18H,6-12,21H2,(H2,22,23,26). The number of amides is 3. The van der Waals surface area contributed by atoms with Crippen LogP contribution in [0.4, 0.5) is 10.5 Å². The van der Waals surface area contributed by atoms with E-state index in [-0.39, 0.29) is 29.9 Å². The molecule has 1 heterocycles. The van der Waals surface area contributed by atoms with Gasteiger partial charge in [-0.2, -0.15) is 0 Å². The van der Waals surface area contributed by atoms with Crippen LogP contribution >= 0.6 is 0 Å². The molecule has 26 heavy (non-hydrogen) atoms. The van der Waals surface area contributed by atoms with Crippen LogP contribution in [0, 0.1) is 17.8 Å². The van der Waals surface area contributed by atoms with Crippen molar-refractivity contribution in [3.8, 4) is 0 Å². The van der Waals surface area contributed by atoms with Gasteiger partial charge in [-0.1, -0.05) is 18.2 Å². The zero-order valence-electron chi connectivity index (χ0n) is 15.1. The molecule has 4 atom stereocenters. The van der Waals surface area contributed by atoms with Gasteiger partial charge in [0.2, 0.25) is 5.91 Å². The second-order valence-corrected chi connectivity index (χ2v) is 8.00. The molecule has 0 aromatic heterocycles. The summed E-state index contributed by atoms with van der Waals surface area (Å²) in [4.78, 5) is 27.0. The molecule has 6 nitrogen and oxygen atoms in total. The van der Waals surface area contributed by atoms with E-state index < -0.39 is 0 Å². The number of fused-ring (bicyclic) bond motifs is 2.